The van der Waals surface area contributed by atoms with Crippen LogP contribution in [0.15, 0.2) is 0 Å². The number of aliphatic hydroxyl groups is 2. The monoisotopic (exact) mass is 208 g/mol. The van der Waals surface area contributed by atoms with Gasteiger partial charge in [-0.25, -0.2) is 9.59 Å². The first-order valence-electron chi connectivity index (χ1n) is 2.28. The standard InChI is InChI=1S/C4H6O6.K.H2O.H/c5-1(3(7)8)2(6)4(9)10;;;/h1-2,5-6H,(H,7,8)(H,9,10);;1H2;/q;+1;;-1. The van der Waals surface area contributed by atoms with Crippen LogP contribution in [-0.2, 0) is 9.59 Å². The number of carboxylic acid groups (broad SMARTS) is 2. The number of carboxylic acids is 2. The molecule has 0 bridgehead atoms. The molecule has 0 aliphatic heterocycles. The zero-order chi connectivity index (χ0) is 8.31. The van der Waals surface area contributed by atoms with Crippen molar-refractivity contribution in [2.45, 2.75) is 12.2 Å². The summed E-state index contributed by atoms with van der Waals surface area (Å²) in [5.41, 5.74) is 0. The molecule has 2 atom stereocenters. The van der Waals surface area contributed by atoms with Crippen molar-refractivity contribution in [3.63, 3.8) is 0 Å². The largest absolute Gasteiger partial charge is 1.00 e. The quantitative estimate of drug-likeness (QED) is 0.340. The Bertz CT molecular complexity index is 145. The smallest absolute Gasteiger partial charge is 1.00 e. The van der Waals surface area contributed by atoms with Crippen LogP contribution in [0.2, 0.25) is 0 Å². The molecule has 0 aromatic heterocycles. The van der Waals surface area contributed by atoms with E-state index in [1.165, 1.54) is 0 Å². The summed E-state index contributed by atoms with van der Waals surface area (Å²) in [6.07, 6.45) is -4.53. The van der Waals surface area contributed by atoms with Crippen molar-refractivity contribution in [1.29, 1.82) is 0 Å². The summed E-state index contributed by atoms with van der Waals surface area (Å²) >= 11 is 0. The fraction of sp³-hybridized carbons (Fsp3) is 0.500. The molecule has 12 heavy (non-hydrogen) atoms. The predicted octanol–water partition coefficient (Wildman–Crippen LogP) is -5.83. The summed E-state index contributed by atoms with van der Waals surface area (Å²) in [4.78, 5) is 19.5. The average molecular weight is 208 g/mol. The minimum absolute atomic E-state index is 0. The second-order valence-corrected chi connectivity index (χ2v) is 1.57. The molecule has 0 spiro atoms. The van der Waals surface area contributed by atoms with Crippen molar-refractivity contribution < 1.29 is 88.3 Å². The van der Waals surface area contributed by atoms with E-state index < -0.39 is 24.1 Å². The number of hydrogen-bond acceptors (Lipinski definition) is 4. The van der Waals surface area contributed by atoms with Gasteiger partial charge in [0.15, 0.2) is 12.2 Å². The Labute approximate surface area is 111 Å². The maximum atomic E-state index is 9.77. The minimum Gasteiger partial charge on any atom is -1.00 e. The Morgan fingerprint density at radius 2 is 1.17 bits per heavy atom. The van der Waals surface area contributed by atoms with E-state index in [-0.39, 0.29) is 58.3 Å². The van der Waals surface area contributed by atoms with E-state index in [1.807, 2.05) is 0 Å². The predicted molar refractivity (Wildman–Crippen MR) is 32.0 cm³/mol. The molecule has 0 aliphatic carbocycles. The van der Waals surface area contributed by atoms with Crippen LogP contribution in [-0.4, -0.2) is 50.0 Å². The number of aliphatic hydroxyl groups excluding tert-OH is 2. The van der Waals surface area contributed by atoms with E-state index in [2.05, 4.69) is 0 Å². The summed E-state index contributed by atoms with van der Waals surface area (Å²) in [5.74, 6) is -3.54. The Hall–Kier alpha value is 0.456. The van der Waals surface area contributed by atoms with Crippen LogP contribution in [0.4, 0.5) is 0 Å². The molecule has 0 radical (unpaired) electrons. The normalized spacial score (nSPS) is 13.2. The molecule has 0 fully saturated rings. The van der Waals surface area contributed by atoms with Gasteiger partial charge in [-0.1, -0.05) is 0 Å². The van der Waals surface area contributed by atoms with Gasteiger partial charge in [0.05, 0.1) is 0 Å². The number of hydrogen-bond donors (Lipinski definition) is 4. The molecule has 6 N–H and O–H groups in total. The Morgan fingerprint density at radius 1 is 1.00 bits per heavy atom. The van der Waals surface area contributed by atoms with Crippen molar-refractivity contribution in [1.82, 2.24) is 0 Å². The molecule has 7 nitrogen and oxygen atoms in total. The third-order valence-electron chi connectivity index (χ3n) is 0.805. The summed E-state index contributed by atoms with van der Waals surface area (Å²) in [7, 11) is 0. The zero-order valence-corrected chi connectivity index (χ0v) is 9.38. The SMILES string of the molecule is O.O=C(O)C(O)C(O)C(=O)O.[H-].[K+]. The molecule has 0 aromatic carbocycles. The summed E-state index contributed by atoms with van der Waals surface area (Å²) in [6, 6.07) is 0. The molecular weight excluding hydrogens is 199 g/mol. The third-order valence-corrected chi connectivity index (χ3v) is 0.805. The van der Waals surface area contributed by atoms with E-state index in [9.17, 15) is 9.59 Å². The van der Waals surface area contributed by atoms with Crippen molar-refractivity contribution in [2.24, 2.45) is 0 Å². The Kier molecular flexibility index (Phi) is 12.3. The molecule has 0 heterocycles. The van der Waals surface area contributed by atoms with E-state index in [0.717, 1.165) is 0 Å². The molecule has 0 saturated heterocycles. The van der Waals surface area contributed by atoms with Gasteiger partial charge in [0, 0.05) is 0 Å². The van der Waals surface area contributed by atoms with Gasteiger partial charge in [0.2, 0.25) is 0 Å². The third kappa shape index (κ3) is 6.03. The van der Waals surface area contributed by atoms with Crippen LogP contribution in [0.1, 0.15) is 1.43 Å². The topological polar surface area (TPSA) is 147 Å². The Morgan fingerprint density at radius 3 is 1.25 bits per heavy atom. The van der Waals surface area contributed by atoms with Crippen LogP contribution < -0.4 is 51.4 Å². The van der Waals surface area contributed by atoms with Gasteiger partial charge >= 0.3 is 63.3 Å². The molecule has 68 valence electrons. The van der Waals surface area contributed by atoms with Crippen molar-refractivity contribution in [3.05, 3.63) is 0 Å². The van der Waals surface area contributed by atoms with Gasteiger partial charge in [-0.05, 0) is 0 Å². The van der Waals surface area contributed by atoms with E-state index >= 15 is 0 Å². The van der Waals surface area contributed by atoms with Gasteiger partial charge in [0.25, 0.3) is 0 Å². The summed E-state index contributed by atoms with van der Waals surface area (Å²) < 4.78 is 0. The first kappa shape index (κ1) is 18.3. The van der Waals surface area contributed by atoms with Crippen LogP contribution in [0.3, 0.4) is 0 Å². The van der Waals surface area contributed by atoms with Gasteiger partial charge in [-0.3, -0.25) is 0 Å². The van der Waals surface area contributed by atoms with Crippen molar-refractivity contribution >= 4 is 11.9 Å². The number of rotatable bonds is 3. The molecule has 0 saturated carbocycles. The number of aliphatic carboxylic acids is 2. The maximum absolute atomic E-state index is 9.77. The number of carbonyl (C=O) groups is 2. The fourth-order valence-electron chi connectivity index (χ4n) is 0.270. The fourth-order valence-corrected chi connectivity index (χ4v) is 0.270. The summed E-state index contributed by atoms with van der Waals surface area (Å²) in [6.45, 7) is 0. The van der Waals surface area contributed by atoms with Gasteiger partial charge < -0.3 is 27.3 Å². The van der Waals surface area contributed by atoms with Crippen LogP contribution in [0.5, 0.6) is 0 Å². The average Bonchev–Trinajstić information content (AvgIpc) is 1.84. The van der Waals surface area contributed by atoms with E-state index in [1.54, 1.807) is 0 Å². The first-order valence-corrected chi connectivity index (χ1v) is 2.28. The molecule has 8 heteroatoms. The van der Waals surface area contributed by atoms with Gasteiger partial charge in [-0.2, -0.15) is 0 Å². The molecular formula is C4H9KO7. The first-order chi connectivity index (χ1) is 4.46. The van der Waals surface area contributed by atoms with Crippen LogP contribution in [0, 0.1) is 0 Å². The van der Waals surface area contributed by atoms with E-state index in [0.29, 0.717) is 0 Å². The maximum Gasteiger partial charge on any atom is 1.00 e. The zero-order valence-electron chi connectivity index (χ0n) is 7.26. The molecule has 0 aromatic rings. The van der Waals surface area contributed by atoms with Crippen molar-refractivity contribution in [3.8, 4) is 0 Å². The van der Waals surface area contributed by atoms with E-state index in [4.69, 9.17) is 20.4 Å². The van der Waals surface area contributed by atoms with Crippen LogP contribution >= 0.6 is 0 Å². The minimum atomic E-state index is -2.27. The molecule has 2 unspecified atom stereocenters. The summed E-state index contributed by atoms with van der Waals surface area (Å²) in [5, 5.41) is 32.5. The van der Waals surface area contributed by atoms with Gasteiger partial charge in [-0.15, -0.1) is 0 Å². The van der Waals surface area contributed by atoms with Gasteiger partial charge in [0.1, 0.15) is 0 Å². The molecule has 0 aliphatic rings. The molecule has 0 rings (SSSR count). The second-order valence-electron chi connectivity index (χ2n) is 1.57. The molecule has 0 amide bonds. The van der Waals surface area contributed by atoms with Crippen LogP contribution in [0.25, 0.3) is 0 Å². The van der Waals surface area contributed by atoms with Crippen molar-refractivity contribution in [2.75, 3.05) is 0 Å². The Balaban J connectivity index is -0.000000135. The second kappa shape index (κ2) is 8.07.